The van der Waals surface area contributed by atoms with Crippen molar-refractivity contribution in [2.24, 2.45) is 0 Å². The second-order valence-corrected chi connectivity index (χ2v) is 9.09. The van der Waals surface area contributed by atoms with Gasteiger partial charge in [0.1, 0.15) is 12.4 Å². The number of amides is 2. The van der Waals surface area contributed by atoms with E-state index in [1.54, 1.807) is 11.9 Å². The molecular weight excluding hydrogens is 426 g/mol. The van der Waals surface area contributed by atoms with E-state index in [1.807, 2.05) is 30.3 Å². The molecule has 1 atom stereocenters. The van der Waals surface area contributed by atoms with Crippen molar-refractivity contribution in [1.82, 2.24) is 9.80 Å². The molecule has 174 valence electrons. The van der Waals surface area contributed by atoms with Gasteiger partial charge in [-0.3, -0.25) is 19.4 Å². The van der Waals surface area contributed by atoms with Crippen LogP contribution in [0.4, 0.5) is 5.69 Å². The summed E-state index contributed by atoms with van der Waals surface area (Å²) in [5.74, 6) is 0.368. The molecule has 0 N–H and O–H groups in total. The number of ether oxygens (including phenoxy) is 1. The van der Waals surface area contributed by atoms with E-state index in [0.717, 1.165) is 24.4 Å². The molecule has 1 fully saturated rings. The van der Waals surface area contributed by atoms with Crippen LogP contribution in [-0.2, 0) is 29.1 Å². The highest BCUT2D eigenvalue weighted by molar-refractivity contribution is 6.18. The molecule has 3 aromatic carbocycles. The van der Waals surface area contributed by atoms with Gasteiger partial charge in [-0.15, -0.1) is 0 Å². The van der Waals surface area contributed by atoms with Gasteiger partial charge in [0.05, 0.1) is 18.8 Å². The number of nitrogens with zero attached hydrogens (tertiary/aromatic N) is 3. The van der Waals surface area contributed by atoms with Crippen LogP contribution >= 0.6 is 0 Å². The van der Waals surface area contributed by atoms with E-state index in [-0.39, 0.29) is 30.9 Å². The molecule has 0 radical (unpaired) electrons. The lowest BCUT2D eigenvalue weighted by atomic mass is 9.97. The lowest BCUT2D eigenvalue weighted by Crippen LogP contribution is -2.53. The fourth-order valence-electron chi connectivity index (χ4n) is 4.84. The molecule has 1 saturated heterocycles. The minimum absolute atomic E-state index is 0.103. The Bertz CT molecular complexity index is 1110. The van der Waals surface area contributed by atoms with Gasteiger partial charge in [0.2, 0.25) is 11.8 Å². The standard InChI is InChI=1S/C28H29N3O3/c1-29-18-27(32)31(28(33)19-29)25-13-8-14-26-24(25)15-23(20-34-26)30(16-21-9-4-2-5-10-21)17-22-11-6-3-7-12-22/h2-14,23H,15-20H2,1H3/t23-/m0/s1. The van der Waals surface area contributed by atoms with E-state index in [4.69, 9.17) is 4.74 Å². The van der Waals surface area contributed by atoms with Gasteiger partial charge in [-0.05, 0) is 36.7 Å². The summed E-state index contributed by atoms with van der Waals surface area (Å²) in [5, 5.41) is 0. The molecule has 2 aliphatic rings. The highest BCUT2D eigenvalue weighted by Crippen LogP contribution is 2.36. The summed E-state index contributed by atoms with van der Waals surface area (Å²) in [6.07, 6.45) is 0.706. The van der Waals surface area contributed by atoms with Crippen molar-refractivity contribution in [3.8, 4) is 5.75 Å². The first-order valence-corrected chi connectivity index (χ1v) is 11.7. The highest BCUT2D eigenvalue weighted by Gasteiger charge is 2.35. The number of hydrogen-bond acceptors (Lipinski definition) is 5. The highest BCUT2D eigenvalue weighted by atomic mass is 16.5. The van der Waals surface area contributed by atoms with E-state index >= 15 is 0 Å². The fraction of sp³-hybridized carbons (Fsp3) is 0.286. The van der Waals surface area contributed by atoms with Crippen LogP contribution in [0.2, 0.25) is 0 Å². The smallest absolute Gasteiger partial charge is 0.247 e. The van der Waals surface area contributed by atoms with Gasteiger partial charge in [-0.25, -0.2) is 4.90 Å². The van der Waals surface area contributed by atoms with Gasteiger partial charge < -0.3 is 4.74 Å². The molecule has 0 bridgehead atoms. The maximum Gasteiger partial charge on any atom is 0.247 e. The molecule has 2 heterocycles. The number of benzene rings is 3. The van der Waals surface area contributed by atoms with E-state index < -0.39 is 0 Å². The maximum absolute atomic E-state index is 12.8. The number of fused-ring (bicyclic) bond motifs is 1. The zero-order chi connectivity index (χ0) is 23.5. The molecule has 2 amide bonds. The quantitative estimate of drug-likeness (QED) is 0.533. The third-order valence-corrected chi connectivity index (χ3v) is 6.50. The summed E-state index contributed by atoms with van der Waals surface area (Å²) in [5.41, 5.74) is 4.06. The number of imide groups is 1. The minimum atomic E-state index is -0.195. The largest absolute Gasteiger partial charge is 0.492 e. The van der Waals surface area contributed by atoms with Gasteiger partial charge in [0, 0.05) is 24.7 Å². The van der Waals surface area contributed by atoms with E-state index in [0.29, 0.717) is 18.7 Å². The summed E-state index contributed by atoms with van der Waals surface area (Å²) < 4.78 is 6.21. The van der Waals surface area contributed by atoms with Crippen molar-refractivity contribution < 1.29 is 14.3 Å². The molecule has 0 saturated carbocycles. The van der Waals surface area contributed by atoms with Crippen molar-refractivity contribution in [2.45, 2.75) is 25.6 Å². The summed E-state index contributed by atoms with van der Waals surface area (Å²) in [6, 6.07) is 26.6. The average Bonchev–Trinajstić information content (AvgIpc) is 2.84. The number of carbonyl (C=O) groups excluding carboxylic acids is 2. The van der Waals surface area contributed by atoms with Crippen LogP contribution < -0.4 is 9.64 Å². The monoisotopic (exact) mass is 455 g/mol. The van der Waals surface area contributed by atoms with Crippen LogP contribution in [0.25, 0.3) is 0 Å². The summed E-state index contributed by atoms with van der Waals surface area (Å²) >= 11 is 0. The SMILES string of the molecule is CN1CC(=O)N(c2cccc3c2C[C@H](N(Cc2ccccc2)Cc2ccccc2)CO3)C(=O)C1. The van der Waals surface area contributed by atoms with Crippen LogP contribution in [-0.4, -0.2) is 54.4 Å². The second kappa shape index (κ2) is 9.79. The Labute approximate surface area is 200 Å². The Balaban J connectivity index is 1.45. The Morgan fingerprint density at radius 1 is 0.824 bits per heavy atom. The topological polar surface area (TPSA) is 53.1 Å². The Morgan fingerprint density at radius 3 is 2.00 bits per heavy atom. The van der Waals surface area contributed by atoms with Crippen molar-refractivity contribution in [3.05, 3.63) is 95.6 Å². The normalized spacial score (nSPS) is 18.6. The third-order valence-electron chi connectivity index (χ3n) is 6.50. The summed E-state index contributed by atoms with van der Waals surface area (Å²) in [6.45, 7) is 2.59. The molecule has 3 aromatic rings. The number of rotatable bonds is 6. The second-order valence-electron chi connectivity index (χ2n) is 9.09. The molecule has 0 aliphatic carbocycles. The number of likely N-dealkylation sites (N-methyl/N-ethyl adjacent to an activating group) is 1. The zero-order valence-electron chi connectivity index (χ0n) is 19.4. The summed E-state index contributed by atoms with van der Waals surface area (Å²) in [7, 11) is 1.79. The van der Waals surface area contributed by atoms with Gasteiger partial charge in [0.25, 0.3) is 0 Å². The predicted octanol–water partition coefficient (Wildman–Crippen LogP) is 3.50. The van der Waals surface area contributed by atoms with Crippen molar-refractivity contribution in [2.75, 3.05) is 31.6 Å². The molecule has 34 heavy (non-hydrogen) atoms. The zero-order valence-corrected chi connectivity index (χ0v) is 19.4. The third kappa shape index (κ3) is 4.74. The molecule has 0 unspecified atom stereocenters. The molecule has 6 nitrogen and oxygen atoms in total. The van der Waals surface area contributed by atoms with Crippen LogP contribution in [0.5, 0.6) is 5.75 Å². The Kier molecular flexibility index (Phi) is 6.43. The van der Waals surface area contributed by atoms with Crippen LogP contribution in [0.1, 0.15) is 16.7 Å². The lowest BCUT2D eigenvalue weighted by Gasteiger charge is -2.38. The van der Waals surface area contributed by atoms with Gasteiger partial charge in [-0.1, -0.05) is 66.7 Å². The predicted molar refractivity (Wildman–Crippen MR) is 132 cm³/mol. The molecule has 6 heteroatoms. The Morgan fingerprint density at radius 2 is 1.41 bits per heavy atom. The Hall–Kier alpha value is -3.48. The van der Waals surface area contributed by atoms with E-state index in [2.05, 4.69) is 53.4 Å². The first kappa shape index (κ1) is 22.3. The lowest BCUT2D eigenvalue weighted by molar-refractivity contribution is -0.131. The molecular formula is C28H29N3O3. The molecule has 5 rings (SSSR count). The number of carbonyl (C=O) groups is 2. The minimum Gasteiger partial charge on any atom is -0.492 e. The van der Waals surface area contributed by atoms with Crippen LogP contribution in [0.15, 0.2) is 78.9 Å². The number of hydrogen-bond donors (Lipinski definition) is 0. The van der Waals surface area contributed by atoms with Crippen molar-refractivity contribution in [3.63, 3.8) is 0 Å². The number of piperazine rings is 1. The summed E-state index contributed by atoms with van der Waals surface area (Å²) in [4.78, 5) is 31.1. The van der Waals surface area contributed by atoms with Gasteiger partial charge >= 0.3 is 0 Å². The first-order valence-electron chi connectivity index (χ1n) is 11.7. The first-order chi connectivity index (χ1) is 16.6. The average molecular weight is 456 g/mol. The van der Waals surface area contributed by atoms with Gasteiger partial charge in [0.15, 0.2) is 0 Å². The van der Waals surface area contributed by atoms with Crippen molar-refractivity contribution >= 4 is 17.5 Å². The molecule has 0 aromatic heterocycles. The van der Waals surface area contributed by atoms with E-state index in [9.17, 15) is 9.59 Å². The van der Waals surface area contributed by atoms with Crippen molar-refractivity contribution in [1.29, 1.82) is 0 Å². The van der Waals surface area contributed by atoms with Crippen LogP contribution in [0.3, 0.4) is 0 Å². The maximum atomic E-state index is 12.8. The van der Waals surface area contributed by atoms with Gasteiger partial charge in [-0.2, -0.15) is 0 Å². The van der Waals surface area contributed by atoms with E-state index in [1.165, 1.54) is 16.0 Å². The fourth-order valence-corrected chi connectivity index (χ4v) is 4.84. The molecule has 0 spiro atoms. The number of anilines is 1. The molecule has 2 aliphatic heterocycles. The van der Waals surface area contributed by atoms with Crippen LogP contribution in [0, 0.1) is 0 Å².